The van der Waals surface area contributed by atoms with Gasteiger partial charge in [0, 0.05) is 20.1 Å². The van der Waals surface area contributed by atoms with E-state index in [0.29, 0.717) is 13.1 Å². The summed E-state index contributed by atoms with van der Waals surface area (Å²) in [4.78, 5) is 0. The summed E-state index contributed by atoms with van der Waals surface area (Å²) in [6.07, 6.45) is 1.02. The predicted molar refractivity (Wildman–Crippen MR) is 73.6 cm³/mol. The molecular formula is C12H28N2O2S. The Balaban J connectivity index is 4.44. The Labute approximate surface area is 107 Å². The largest absolute Gasteiger partial charge is 0.315 e. The zero-order valence-corrected chi connectivity index (χ0v) is 12.9. The molecule has 0 aromatic rings. The molecule has 0 amide bonds. The molecule has 0 saturated heterocycles. The molecule has 1 N–H and O–H groups in total. The van der Waals surface area contributed by atoms with Gasteiger partial charge in [0.2, 0.25) is 10.0 Å². The highest BCUT2D eigenvalue weighted by atomic mass is 32.2. The molecule has 0 aliphatic rings. The highest BCUT2D eigenvalue weighted by Crippen LogP contribution is 2.18. The molecule has 0 aromatic heterocycles. The Morgan fingerprint density at radius 2 is 1.82 bits per heavy atom. The maximum atomic E-state index is 12.2. The number of sulfonamides is 1. The van der Waals surface area contributed by atoms with E-state index < -0.39 is 10.0 Å². The number of nitrogens with zero attached hydrogens (tertiary/aromatic N) is 1. The minimum atomic E-state index is -3.18. The molecule has 0 heterocycles. The summed E-state index contributed by atoms with van der Waals surface area (Å²) < 4.78 is 25.9. The van der Waals surface area contributed by atoms with Gasteiger partial charge in [-0.3, -0.25) is 0 Å². The summed E-state index contributed by atoms with van der Waals surface area (Å²) in [5.74, 6) is 0. The van der Waals surface area contributed by atoms with Crippen molar-refractivity contribution < 1.29 is 8.42 Å². The van der Waals surface area contributed by atoms with Gasteiger partial charge in [0.05, 0.1) is 5.25 Å². The molecule has 4 nitrogen and oxygen atoms in total. The Bertz CT molecular complexity index is 307. The fourth-order valence-corrected chi connectivity index (χ4v) is 3.16. The standard InChI is InChI=1S/C12H28N2O2S/c1-7-8-13-9-11(2)17(15,16)14(6)10-12(3,4)5/h11,13H,7-10H2,1-6H3. The monoisotopic (exact) mass is 264 g/mol. The zero-order chi connectivity index (χ0) is 13.7. The number of nitrogens with one attached hydrogen (secondary N) is 1. The van der Waals surface area contributed by atoms with Crippen LogP contribution in [0, 0.1) is 5.41 Å². The molecule has 0 fully saturated rings. The average Bonchev–Trinajstić information content (AvgIpc) is 2.15. The van der Waals surface area contributed by atoms with Gasteiger partial charge >= 0.3 is 0 Å². The third-order valence-electron chi connectivity index (χ3n) is 2.50. The molecule has 104 valence electrons. The highest BCUT2D eigenvalue weighted by molar-refractivity contribution is 7.89. The van der Waals surface area contributed by atoms with Gasteiger partial charge in [0.1, 0.15) is 0 Å². The topological polar surface area (TPSA) is 49.4 Å². The van der Waals surface area contributed by atoms with Crippen molar-refractivity contribution in [3.05, 3.63) is 0 Å². The molecular weight excluding hydrogens is 236 g/mol. The van der Waals surface area contributed by atoms with E-state index >= 15 is 0 Å². The van der Waals surface area contributed by atoms with E-state index in [2.05, 4.69) is 12.2 Å². The van der Waals surface area contributed by atoms with Gasteiger partial charge < -0.3 is 5.32 Å². The lowest BCUT2D eigenvalue weighted by molar-refractivity contribution is 0.308. The summed E-state index contributed by atoms with van der Waals surface area (Å²) in [7, 11) is -1.52. The molecule has 17 heavy (non-hydrogen) atoms. The number of rotatable bonds is 7. The zero-order valence-electron chi connectivity index (χ0n) is 12.1. The second-order valence-electron chi connectivity index (χ2n) is 5.88. The average molecular weight is 264 g/mol. The van der Waals surface area contributed by atoms with Gasteiger partial charge in [-0.2, -0.15) is 0 Å². The summed E-state index contributed by atoms with van der Waals surface area (Å²) >= 11 is 0. The minimum absolute atomic E-state index is 0.0155. The number of hydrogen-bond acceptors (Lipinski definition) is 3. The van der Waals surface area contributed by atoms with E-state index in [1.807, 2.05) is 20.8 Å². The van der Waals surface area contributed by atoms with Gasteiger partial charge in [0.15, 0.2) is 0 Å². The summed E-state index contributed by atoms with van der Waals surface area (Å²) in [5, 5.41) is 2.78. The Morgan fingerprint density at radius 1 is 1.29 bits per heavy atom. The van der Waals surface area contributed by atoms with Crippen LogP contribution in [0.4, 0.5) is 0 Å². The first kappa shape index (κ1) is 16.9. The molecule has 0 spiro atoms. The van der Waals surface area contributed by atoms with Crippen molar-refractivity contribution in [2.24, 2.45) is 5.41 Å². The second-order valence-corrected chi connectivity index (χ2v) is 8.33. The van der Waals surface area contributed by atoms with Crippen LogP contribution in [0.15, 0.2) is 0 Å². The van der Waals surface area contributed by atoms with Gasteiger partial charge in [-0.15, -0.1) is 0 Å². The van der Waals surface area contributed by atoms with E-state index in [0.717, 1.165) is 13.0 Å². The Morgan fingerprint density at radius 3 is 2.24 bits per heavy atom. The van der Waals surface area contributed by atoms with Crippen LogP contribution in [0.2, 0.25) is 0 Å². The van der Waals surface area contributed by atoms with Crippen LogP contribution in [0.25, 0.3) is 0 Å². The fourth-order valence-electron chi connectivity index (χ4n) is 1.65. The van der Waals surface area contributed by atoms with E-state index in [-0.39, 0.29) is 10.7 Å². The van der Waals surface area contributed by atoms with Crippen molar-refractivity contribution in [3.63, 3.8) is 0 Å². The minimum Gasteiger partial charge on any atom is -0.315 e. The van der Waals surface area contributed by atoms with Gasteiger partial charge in [-0.25, -0.2) is 12.7 Å². The van der Waals surface area contributed by atoms with Crippen LogP contribution in [0.1, 0.15) is 41.0 Å². The van der Waals surface area contributed by atoms with Crippen LogP contribution in [0.3, 0.4) is 0 Å². The van der Waals surface area contributed by atoms with Gasteiger partial charge in [-0.1, -0.05) is 27.7 Å². The van der Waals surface area contributed by atoms with Gasteiger partial charge in [-0.05, 0) is 25.3 Å². The first-order valence-electron chi connectivity index (χ1n) is 6.27. The Hall–Kier alpha value is -0.130. The van der Waals surface area contributed by atoms with Crippen LogP contribution < -0.4 is 5.32 Å². The predicted octanol–water partition coefficient (Wildman–Crippen LogP) is 1.68. The fraction of sp³-hybridized carbons (Fsp3) is 1.00. The quantitative estimate of drug-likeness (QED) is 0.712. The van der Waals surface area contributed by atoms with E-state index in [4.69, 9.17) is 0 Å². The van der Waals surface area contributed by atoms with Crippen LogP contribution in [-0.2, 0) is 10.0 Å². The summed E-state index contributed by atoms with van der Waals surface area (Å²) in [6, 6.07) is 0. The van der Waals surface area contributed by atoms with Crippen molar-refractivity contribution in [2.75, 3.05) is 26.7 Å². The van der Waals surface area contributed by atoms with Crippen LogP contribution in [-0.4, -0.2) is 44.7 Å². The molecule has 0 aliphatic heterocycles. The first-order chi connectivity index (χ1) is 7.61. The maximum Gasteiger partial charge on any atom is 0.217 e. The van der Waals surface area contributed by atoms with Crippen molar-refractivity contribution in [3.8, 4) is 0 Å². The maximum absolute atomic E-state index is 12.2. The molecule has 0 saturated carbocycles. The molecule has 0 bridgehead atoms. The molecule has 5 heteroatoms. The van der Waals surface area contributed by atoms with Crippen LogP contribution >= 0.6 is 0 Å². The molecule has 0 radical (unpaired) electrons. The lowest BCUT2D eigenvalue weighted by Gasteiger charge is -2.28. The van der Waals surface area contributed by atoms with E-state index in [1.165, 1.54) is 4.31 Å². The molecule has 0 aliphatic carbocycles. The second kappa shape index (κ2) is 6.71. The normalized spacial score (nSPS) is 15.2. The lowest BCUT2D eigenvalue weighted by Crippen LogP contribution is -2.43. The van der Waals surface area contributed by atoms with E-state index in [1.54, 1.807) is 14.0 Å². The smallest absolute Gasteiger partial charge is 0.217 e. The highest BCUT2D eigenvalue weighted by Gasteiger charge is 2.28. The lowest BCUT2D eigenvalue weighted by atomic mass is 9.97. The SMILES string of the molecule is CCCNCC(C)S(=O)(=O)N(C)CC(C)(C)C. The molecule has 0 rings (SSSR count). The molecule has 0 aromatic carbocycles. The third kappa shape index (κ3) is 6.38. The Kier molecular flexibility index (Phi) is 6.66. The summed E-state index contributed by atoms with van der Waals surface area (Å²) in [6.45, 7) is 11.9. The van der Waals surface area contributed by atoms with Crippen molar-refractivity contribution in [1.82, 2.24) is 9.62 Å². The third-order valence-corrected chi connectivity index (χ3v) is 4.68. The molecule has 1 atom stereocenters. The van der Waals surface area contributed by atoms with Crippen molar-refractivity contribution in [2.45, 2.75) is 46.3 Å². The van der Waals surface area contributed by atoms with E-state index in [9.17, 15) is 8.42 Å². The first-order valence-corrected chi connectivity index (χ1v) is 7.77. The van der Waals surface area contributed by atoms with Crippen LogP contribution in [0.5, 0.6) is 0 Å². The van der Waals surface area contributed by atoms with Crippen molar-refractivity contribution in [1.29, 1.82) is 0 Å². The molecule has 1 unspecified atom stereocenters. The van der Waals surface area contributed by atoms with Crippen molar-refractivity contribution >= 4 is 10.0 Å². The number of hydrogen-bond donors (Lipinski definition) is 1. The summed E-state index contributed by atoms with van der Waals surface area (Å²) in [5.41, 5.74) is -0.0155. The van der Waals surface area contributed by atoms with Gasteiger partial charge in [0.25, 0.3) is 0 Å².